The predicted octanol–water partition coefficient (Wildman–Crippen LogP) is 1.86. The summed E-state index contributed by atoms with van der Waals surface area (Å²) in [5.74, 6) is 0. The zero-order valence-electron chi connectivity index (χ0n) is 12.9. The molecule has 1 heterocycles. The minimum absolute atomic E-state index is 0.286. The van der Waals surface area contributed by atoms with Crippen molar-refractivity contribution < 1.29 is 4.74 Å². The average Bonchev–Trinajstić information content (AvgIpc) is 2.49. The van der Waals surface area contributed by atoms with Crippen molar-refractivity contribution in [2.75, 3.05) is 45.8 Å². The summed E-state index contributed by atoms with van der Waals surface area (Å²) in [6, 6.07) is 9.58. The molecule has 2 N–H and O–H groups in total. The lowest BCUT2D eigenvalue weighted by atomic mass is 10.00. The quantitative estimate of drug-likeness (QED) is 0.892. The highest BCUT2D eigenvalue weighted by Gasteiger charge is 2.25. The van der Waals surface area contributed by atoms with Crippen molar-refractivity contribution in [3.05, 3.63) is 29.8 Å². The fraction of sp³-hybridized carbons (Fsp3) is 0.625. The Morgan fingerprint density at radius 2 is 1.75 bits per heavy atom. The van der Waals surface area contributed by atoms with Crippen LogP contribution in [0.2, 0.25) is 0 Å². The van der Waals surface area contributed by atoms with E-state index in [0.717, 1.165) is 26.1 Å². The Kier molecular flexibility index (Phi) is 5.40. The number of hydrogen-bond donors (Lipinski definition) is 1. The zero-order chi connectivity index (χ0) is 14.5. The largest absolute Gasteiger partial charge is 0.381 e. The van der Waals surface area contributed by atoms with E-state index in [1.807, 2.05) is 0 Å². The number of ether oxygens (including phenoxy) is 1. The SMILES string of the molecule is CN(C)c1ccc(C(CN)N(C)C2CCOCC2)cc1. The van der Waals surface area contributed by atoms with Crippen LogP contribution in [0.4, 0.5) is 5.69 Å². The maximum Gasteiger partial charge on any atom is 0.0480 e. The van der Waals surface area contributed by atoms with Crippen LogP contribution in [0.25, 0.3) is 0 Å². The molecule has 1 atom stereocenters. The molecule has 20 heavy (non-hydrogen) atoms. The van der Waals surface area contributed by atoms with Gasteiger partial charge in [0.2, 0.25) is 0 Å². The second-order valence-corrected chi connectivity index (χ2v) is 5.75. The van der Waals surface area contributed by atoms with E-state index in [9.17, 15) is 0 Å². The van der Waals surface area contributed by atoms with Crippen LogP contribution in [-0.2, 0) is 4.74 Å². The molecule has 1 fully saturated rings. The first-order valence-electron chi connectivity index (χ1n) is 7.40. The Morgan fingerprint density at radius 3 is 2.25 bits per heavy atom. The van der Waals surface area contributed by atoms with Crippen LogP contribution in [0, 0.1) is 0 Å². The van der Waals surface area contributed by atoms with Gasteiger partial charge in [-0.2, -0.15) is 0 Å². The number of nitrogens with zero attached hydrogens (tertiary/aromatic N) is 2. The lowest BCUT2D eigenvalue weighted by molar-refractivity contribution is 0.0294. The maximum atomic E-state index is 6.03. The van der Waals surface area contributed by atoms with Gasteiger partial charge < -0.3 is 15.4 Å². The van der Waals surface area contributed by atoms with E-state index in [-0.39, 0.29) is 6.04 Å². The molecular weight excluding hydrogens is 250 g/mol. The van der Waals surface area contributed by atoms with Crippen molar-refractivity contribution >= 4 is 5.69 Å². The number of anilines is 1. The van der Waals surface area contributed by atoms with Gasteiger partial charge in [0.05, 0.1) is 0 Å². The summed E-state index contributed by atoms with van der Waals surface area (Å²) in [5.41, 5.74) is 8.55. The first-order valence-corrected chi connectivity index (χ1v) is 7.40. The van der Waals surface area contributed by atoms with Gasteiger partial charge in [-0.25, -0.2) is 0 Å². The van der Waals surface area contributed by atoms with Crippen LogP contribution >= 0.6 is 0 Å². The molecule has 4 heteroatoms. The minimum Gasteiger partial charge on any atom is -0.381 e. The average molecular weight is 277 g/mol. The van der Waals surface area contributed by atoms with Crippen LogP contribution < -0.4 is 10.6 Å². The Balaban J connectivity index is 2.09. The van der Waals surface area contributed by atoms with E-state index in [0.29, 0.717) is 12.6 Å². The molecule has 1 aliphatic heterocycles. The molecule has 0 aliphatic carbocycles. The van der Waals surface area contributed by atoms with Gasteiger partial charge in [-0.3, -0.25) is 4.90 Å². The molecule has 0 radical (unpaired) electrons. The highest BCUT2D eigenvalue weighted by atomic mass is 16.5. The monoisotopic (exact) mass is 277 g/mol. The number of hydrogen-bond acceptors (Lipinski definition) is 4. The van der Waals surface area contributed by atoms with Crippen molar-refractivity contribution in [3.8, 4) is 0 Å². The molecular formula is C16H27N3O. The molecule has 0 aromatic heterocycles. The van der Waals surface area contributed by atoms with Crippen molar-refractivity contribution in [1.82, 2.24) is 4.90 Å². The Labute approximate surface area is 122 Å². The molecule has 0 spiro atoms. The van der Waals surface area contributed by atoms with Crippen molar-refractivity contribution in [2.24, 2.45) is 5.73 Å². The minimum atomic E-state index is 0.286. The number of rotatable bonds is 5. The molecule has 1 aromatic rings. The van der Waals surface area contributed by atoms with Crippen molar-refractivity contribution in [3.63, 3.8) is 0 Å². The van der Waals surface area contributed by atoms with Gasteiger partial charge in [0.1, 0.15) is 0 Å². The highest BCUT2D eigenvalue weighted by molar-refractivity contribution is 5.46. The van der Waals surface area contributed by atoms with E-state index < -0.39 is 0 Å². The lowest BCUT2D eigenvalue weighted by Gasteiger charge is -2.37. The zero-order valence-corrected chi connectivity index (χ0v) is 12.9. The smallest absolute Gasteiger partial charge is 0.0480 e. The van der Waals surface area contributed by atoms with E-state index in [4.69, 9.17) is 10.5 Å². The van der Waals surface area contributed by atoms with E-state index in [1.165, 1.54) is 11.3 Å². The first kappa shape index (κ1) is 15.3. The lowest BCUT2D eigenvalue weighted by Crippen LogP contribution is -2.41. The maximum absolute atomic E-state index is 6.03. The summed E-state index contributed by atoms with van der Waals surface area (Å²) >= 11 is 0. The summed E-state index contributed by atoms with van der Waals surface area (Å²) < 4.78 is 5.45. The molecule has 0 bridgehead atoms. The normalized spacial score (nSPS) is 18.2. The van der Waals surface area contributed by atoms with Crippen LogP contribution in [0.3, 0.4) is 0 Å². The molecule has 1 aliphatic rings. The summed E-state index contributed by atoms with van der Waals surface area (Å²) in [7, 11) is 6.31. The van der Waals surface area contributed by atoms with Crippen LogP contribution in [0.5, 0.6) is 0 Å². The molecule has 0 saturated carbocycles. The second-order valence-electron chi connectivity index (χ2n) is 5.75. The summed E-state index contributed by atoms with van der Waals surface area (Å²) in [6.45, 7) is 2.38. The third-order valence-corrected chi connectivity index (χ3v) is 4.28. The van der Waals surface area contributed by atoms with E-state index in [2.05, 4.69) is 55.2 Å². The highest BCUT2D eigenvalue weighted by Crippen LogP contribution is 2.26. The molecule has 112 valence electrons. The Hall–Kier alpha value is -1.10. The fourth-order valence-corrected chi connectivity index (χ4v) is 2.88. The van der Waals surface area contributed by atoms with E-state index >= 15 is 0 Å². The number of benzene rings is 1. The summed E-state index contributed by atoms with van der Waals surface area (Å²) in [4.78, 5) is 4.54. The Morgan fingerprint density at radius 1 is 1.15 bits per heavy atom. The fourth-order valence-electron chi connectivity index (χ4n) is 2.88. The number of likely N-dealkylation sites (N-methyl/N-ethyl adjacent to an activating group) is 1. The van der Waals surface area contributed by atoms with Gasteiger partial charge in [-0.1, -0.05) is 12.1 Å². The molecule has 1 unspecified atom stereocenters. The van der Waals surface area contributed by atoms with Crippen molar-refractivity contribution in [1.29, 1.82) is 0 Å². The van der Waals surface area contributed by atoms with E-state index in [1.54, 1.807) is 0 Å². The molecule has 4 nitrogen and oxygen atoms in total. The first-order chi connectivity index (χ1) is 9.63. The van der Waals surface area contributed by atoms with Gasteiger partial charge >= 0.3 is 0 Å². The van der Waals surface area contributed by atoms with Crippen LogP contribution in [-0.4, -0.2) is 51.8 Å². The molecule has 1 saturated heterocycles. The predicted molar refractivity (Wildman–Crippen MR) is 84.2 cm³/mol. The standard InChI is InChI=1S/C16H27N3O/c1-18(2)14-6-4-13(5-7-14)16(12-17)19(3)15-8-10-20-11-9-15/h4-7,15-16H,8-12,17H2,1-3H3. The van der Waals surface area contributed by atoms with Gasteiger partial charge in [0, 0.05) is 51.6 Å². The molecule has 0 amide bonds. The summed E-state index contributed by atoms with van der Waals surface area (Å²) in [5, 5.41) is 0. The Bertz CT molecular complexity index is 399. The molecule has 1 aromatic carbocycles. The van der Waals surface area contributed by atoms with Crippen molar-refractivity contribution in [2.45, 2.75) is 24.9 Å². The third kappa shape index (κ3) is 3.51. The third-order valence-electron chi connectivity index (χ3n) is 4.28. The number of nitrogens with two attached hydrogens (primary N) is 1. The van der Waals surface area contributed by atoms with Crippen LogP contribution in [0.15, 0.2) is 24.3 Å². The van der Waals surface area contributed by atoms with Gasteiger partial charge in [0.15, 0.2) is 0 Å². The van der Waals surface area contributed by atoms with Gasteiger partial charge in [-0.15, -0.1) is 0 Å². The van der Waals surface area contributed by atoms with Gasteiger partial charge in [0.25, 0.3) is 0 Å². The van der Waals surface area contributed by atoms with Gasteiger partial charge in [-0.05, 0) is 37.6 Å². The summed E-state index contributed by atoms with van der Waals surface area (Å²) in [6.07, 6.45) is 2.20. The second kappa shape index (κ2) is 7.07. The molecule has 2 rings (SSSR count). The topological polar surface area (TPSA) is 41.7 Å². The van der Waals surface area contributed by atoms with Crippen LogP contribution in [0.1, 0.15) is 24.4 Å².